The van der Waals surface area contributed by atoms with Crippen molar-refractivity contribution in [2.24, 2.45) is 5.73 Å². The Hall–Kier alpha value is -2.71. The Balaban J connectivity index is 1.48. The number of carbonyl (C=O) groups is 1. The molecule has 0 unspecified atom stereocenters. The Bertz CT molecular complexity index is 982. The van der Waals surface area contributed by atoms with E-state index < -0.39 is 0 Å². The largest absolute Gasteiger partial charge is 0.457 e. The monoisotopic (exact) mass is 397 g/mol. The molecule has 0 bridgehead atoms. The predicted octanol–water partition coefficient (Wildman–Crippen LogP) is 3.53. The highest BCUT2D eigenvalue weighted by molar-refractivity contribution is 7.22. The van der Waals surface area contributed by atoms with Crippen LogP contribution in [0.4, 0.5) is 5.13 Å². The molecule has 4 N–H and O–H groups in total. The van der Waals surface area contributed by atoms with E-state index in [1.807, 2.05) is 18.2 Å². The van der Waals surface area contributed by atoms with Gasteiger partial charge in [0.25, 0.3) is 5.91 Å². The first kappa shape index (κ1) is 18.6. The molecule has 0 spiro atoms. The van der Waals surface area contributed by atoms with Gasteiger partial charge in [-0.3, -0.25) is 9.78 Å². The lowest BCUT2D eigenvalue weighted by atomic mass is 9.92. The first-order valence-corrected chi connectivity index (χ1v) is 10.2. The number of pyridine rings is 1. The van der Waals surface area contributed by atoms with E-state index in [0.29, 0.717) is 29.3 Å². The van der Waals surface area contributed by atoms with Crippen molar-refractivity contribution in [3.05, 3.63) is 42.2 Å². The molecule has 0 saturated heterocycles. The van der Waals surface area contributed by atoms with Crippen LogP contribution in [0.2, 0.25) is 0 Å². The van der Waals surface area contributed by atoms with E-state index in [-0.39, 0.29) is 5.91 Å². The first-order valence-electron chi connectivity index (χ1n) is 9.39. The molecule has 1 amide bonds. The molecule has 1 fully saturated rings. The van der Waals surface area contributed by atoms with Crippen LogP contribution in [0.1, 0.15) is 36.2 Å². The minimum absolute atomic E-state index is 0.247. The number of thiazole rings is 1. The lowest BCUT2D eigenvalue weighted by Gasteiger charge is -2.26. The highest BCUT2D eigenvalue weighted by Gasteiger charge is 2.19. The van der Waals surface area contributed by atoms with Crippen LogP contribution in [0.5, 0.6) is 11.5 Å². The number of hydrogen-bond acceptors (Lipinski definition) is 7. The number of anilines is 1. The summed E-state index contributed by atoms with van der Waals surface area (Å²) in [6, 6.07) is 9.92. The van der Waals surface area contributed by atoms with Crippen LogP contribution < -0.4 is 21.1 Å². The fraction of sp³-hybridized carbons (Fsp3) is 0.350. The average Bonchev–Trinajstić information content (AvgIpc) is 3.11. The summed E-state index contributed by atoms with van der Waals surface area (Å²) in [4.78, 5) is 20.5. The highest BCUT2D eigenvalue weighted by Crippen LogP contribution is 2.32. The predicted molar refractivity (Wildman–Crippen MR) is 111 cm³/mol. The number of nitrogens with two attached hydrogens (primary N) is 1. The van der Waals surface area contributed by atoms with Gasteiger partial charge in [0.15, 0.2) is 5.13 Å². The van der Waals surface area contributed by atoms with Crippen molar-refractivity contribution in [1.82, 2.24) is 15.3 Å². The molecule has 0 atom stereocenters. The van der Waals surface area contributed by atoms with Crippen LogP contribution >= 0.6 is 11.3 Å². The molecule has 28 heavy (non-hydrogen) atoms. The first-order chi connectivity index (χ1) is 13.6. The van der Waals surface area contributed by atoms with Crippen molar-refractivity contribution in [3.8, 4) is 11.5 Å². The zero-order valence-electron chi connectivity index (χ0n) is 15.6. The fourth-order valence-corrected chi connectivity index (χ4v) is 4.30. The molecule has 7 nitrogen and oxygen atoms in total. The van der Waals surface area contributed by atoms with E-state index in [1.165, 1.54) is 0 Å². The Morgan fingerprint density at radius 1 is 1.18 bits per heavy atom. The maximum atomic E-state index is 11.7. The number of nitrogens with one attached hydrogen (secondary N) is 2. The second kappa shape index (κ2) is 8.12. The Labute approximate surface area is 167 Å². The van der Waals surface area contributed by atoms with E-state index in [2.05, 4.69) is 20.6 Å². The Kier molecular flexibility index (Phi) is 5.40. The van der Waals surface area contributed by atoms with Crippen molar-refractivity contribution in [2.75, 3.05) is 12.4 Å². The van der Waals surface area contributed by atoms with Crippen molar-refractivity contribution < 1.29 is 9.53 Å². The topological polar surface area (TPSA) is 102 Å². The van der Waals surface area contributed by atoms with E-state index >= 15 is 0 Å². The SMILES string of the molecule is CNC(=O)c1cc(Oc2ccc3nc(N[C@H]4CC[C@H](N)CC4)sc3c2)ccn1. The van der Waals surface area contributed by atoms with Gasteiger partial charge in [-0.25, -0.2) is 4.98 Å². The molecule has 146 valence electrons. The van der Waals surface area contributed by atoms with Crippen LogP contribution in [0.25, 0.3) is 10.2 Å². The number of hydrogen-bond donors (Lipinski definition) is 3. The molecule has 1 saturated carbocycles. The number of benzene rings is 1. The van der Waals surface area contributed by atoms with Crippen molar-refractivity contribution in [1.29, 1.82) is 0 Å². The smallest absolute Gasteiger partial charge is 0.269 e. The van der Waals surface area contributed by atoms with Crippen LogP contribution in [0.3, 0.4) is 0 Å². The lowest BCUT2D eigenvalue weighted by molar-refractivity contribution is 0.0958. The number of nitrogens with zero attached hydrogens (tertiary/aromatic N) is 2. The summed E-state index contributed by atoms with van der Waals surface area (Å²) in [6.07, 6.45) is 5.85. The summed E-state index contributed by atoms with van der Waals surface area (Å²) in [7, 11) is 1.57. The molecule has 1 aliphatic carbocycles. The van der Waals surface area contributed by atoms with E-state index in [4.69, 9.17) is 10.5 Å². The number of rotatable bonds is 5. The summed E-state index contributed by atoms with van der Waals surface area (Å²) in [5, 5.41) is 7.03. The van der Waals surface area contributed by atoms with Gasteiger partial charge >= 0.3 is 0 Å². The third kappa shape index (κ3) is 4.23. The number of amides is 1. The zero-order valence-corrected chi connectivity index (χ0v) is 16.5. The van der Waals surface area contributed by atoms with Crippen molar-refractivity contribution in [3.63, 3.8) is 0 Å². The molecule has 8 heteroatoms. The van der Waals surface area contributed by atoms with Gasteiger partial charge in [0.1, 0.15) is 17.2 Å². The number of aromatic nitrogens is 2. The molecular weight excluding hydrogens is 374 g/mol. The van der Waals surface area contributed by atoms with Gasteiger partial charge in [0.05, 0.1) is 10.2 Å². The molecule has 2 heterocycles. The summed E-state index contributed by atoms with van der Waals surface area (Å²) < 4.78 is 6.97. The van der Waals surface area contributed by atoms with Crippen molar-refractivity contribution in [2.45, 2.75) is 37.8 Å². The van der Waals surface area contributed by atoms with Crippen molar-refractivity contribution >= 4 is 32.6 Å². The average molecular weight is 398 g/mol. The molecule has 3 aromatic rings. The number of ether oxygens (including phenoxy) is 1. The van der Waals surface area contributed by atoms with E-state index in [1.54, 1.807) is 36.7 Å². The summed E-state index contributed by atoms with van der Waals surface area (Å²) in [6.45, 7) is 0. The quantitative estimate of drug-likeness (QED) is 0.609. The number of fused-ring (bicyclic) bond motifs is 1. The third-order valence-electron chi connectivity index (χ3n) is 4.89. The van der Waals surface area contributed by atoms with Gasteiger partial charge in [-0.15, -0.1) is 0 Å². The van der Waals surface area contributed by atoms with Crippen LogP contribution in [-0.2, 0) is 0 Å². The minimum atomic E-state index is -0.247. The summed E-state index contributed by atoms with van der Waals surface area (Å²) >= 11 is 1.62. The summed E-state index contributed by atoms with van der Waals surface area (Å²) in [5.74, 6) is 1.01. The molecule has 1 aromatic carbocycles. The van der Waals surface area contributed by atoms with Gasteiger partial charge in [-0.2, -0.15) is 0 Å². The lowest BCUT2D eigenvalue weighted by Crippen LogP contribution is -2.32. The summed E-state index contributed by atoms with van der Waals surface area (Å²) in [5.41, 5.74) is 7.24. The van der Waals surface area contributed by atoms with Crippen LogP contribution in [-0.4, -0.2) is 35.0 Å². The fourth-order valence-electron chi connectivity index (χ4n) is 3.33. The number of carbonyl (C=O) groups excluding carboxylic acids is 1. The zero-order chi connectivity index (χ0) is 19.5. The molecular formula is C20H23N5O2S. The van der Waals surface area contributed by atoms with Crippen LogP contribution in [0.15, 0.2) is 36.5 Å². The van der Waals surface area contributed by atoms with Crippen LogP contribution in [0, 0.1) is 0 Å². The molecule has 4 rings (SSSR count). The minimum Gasteiger partial charge on any atom is -0.457 e. The molecule has 1 aliphatic rings. The van der Waals surface area contributed by atoms with Gasteiger partial charge in [-0.05, 0) is 43.9 Å². The Morgan fingerprint density at radius 2 is 1.96 bits per heavy atom. The third-order valence-corrected chi connectivity index (χ3v) is 5.84. The van der Waals surface area contributed by atoms with E-state index in [9.17, 15) is 4.79 Å². The highest BCUT2D eigenvalue weighted by atomic mass is 32.1. The molecule has 0 radical (unpaired) electrons. The maximum Gasteiger partial charge on any atom is 0.269 e. The van der Waals surface area contributed by atoms with Gasteiger partial charge < -0.3 is 21.1 Å². The van der Waals surface area contributed by atoms with E-state index in [0.717, 1.165) is 41.0 Å². The molecule has 0 aliphatic heterocycles. The van der Waals surface area contributed by atoms with Gasteiger partial charge in [0.2, 0.25) is 0 Å². The Morgan fingerprint density at radius 3 is 2.75 bits per heavy atom. The second-order valence-corrected chi connectivity index (χ2v) is 7.99. The van der Waals surface area contributed by atoms with Gasteiger partial charge in [0, 0.05) is 37.5 Å². The van der Waals surface area contributed by atoms with Gasteiger partial charge in [-0.1, -0.05) is 11.3 Å². The molecule has 2 aromatic heterocycles. The normalized spacial score (nSPS) is 19.4. The standard InChI is InChI=1S/C20H23N5O2S/c1-22-19(26)17-10-15(8-9-23-17)27-14-6-7-16-18(11-14)28-20(25-16)24-13-4-2-12(21)3-5-13/h6-13H,2-5,21H2,1H3,(H,22,26)(H,24,25)/t12-,13-. The second-order valence-electron chi connectivity index (χ2n) is 6.96. The maximum absolute atomic E-state index is 11.7.